The maximum absolute atomic E-state index is 11.0. The summed E-state index contributed by atoms with van der Waals surface area (Å²) in [5, 5.41) is 10.2. The molecular weight excluding hydrogens is 480 g/mol. The molecule has 0 aliphatic carbocycles. The number of ether oxygens (including phenoxy) is 1. The lowest BCUT2D eigenvalue weighted by Crippen LogP contribution is -2.29. The lowest BCUT2D eigenvalue weighted by atomic mass is 10.2. The van der Waals surface area contributed by atoms with Gasteiger partial charge in [0, 0.05) is 31.1 Å². The van der Waals surface area contributed by atoms with Crippen LogP contribution in [0.1, 0.15) is 18.2 Å². The van der Waals surface area contributed by atoms with E-state index in [1.165, 1.54) is 13.3 Å². The van der Waals surface area contributed by atoms with E-state index in [2.05, 4.69) is 30.9 Å². The van der Waals surface area contributed by atoms with E-state index in [4.69, 9.17) is 9.15 Å². The van der Waals surface area contributed by atoms with E-state index in [1.807, 2.05) is 72.8 Å². The number of nitrogens with one attached hydrogen (secondary N) is 3. The number of pyridine rings is 1. The van der Waals surface area contributed by atoms with Gasteiger partial charge in [0.25, 0.3) is 0 Å². The van der Waals surface area contributed by atoms with Crippen molar-refractivity contribution in [1.29, 1.82) is 0 Å². The summed E-state index contributed by atoms with van der Waals surface area (Å²) in [7, 11) is 0. The van der Waals surface area contributed by atoms with Gasteiger partial charge in [-0.3, -0.25) is 9.78 Å². The molecule has 0 aliphatic rings. The molecule has 192 valence electrons. The van der Waals surface area contributed by atoms with Crippen molar-refractivity contribution in [3.05, 3.63) is 96.6 Å². The van der Waals surface area contributed by atoms with Crippen molar-refractivity contribution in [2.75, 3.05) is 18.4 Å². The molecule has 38 heavy (non-hydrogen) atoms. The molecule has 0 spiro atoms. The van der Waals surface area contributed by atoms with Crippen LogP contribution < -0.4 is 20.7 Å². The second-order valence-electron chi connectivity index (χ2n) is 8.66. The molecule has 0 saturated carbocycles. The van der Waals surface area contributed by atoms with Crippen LogP contribution >= 0.6 is 0 Å². The zero-order valence-electron chi connectivity index (χ0n) is 21.0. The monoisotopic (exact) mass is 508 g/mol. The third-order valence-electron chi connectivity index (χ3n) is 5.78. The normalized spacial score (nSPS) is 10.9. The fourth-order valence-electron chi connectivity index (χ4n) is 3.85. The fraction of sp³-hybridized carbons (Fsp3) is 0.172. The first kappa shape index (κ1) is 24.9. The number of carbonyl (C=O) groups is 1. The number of nitrogens with zero attached hydrogens (tertiary/aromatic N) is 3. The van der Waals surface area contributed by atoms with Crippen molar-refractivity contribution in [3.8, 4) is 17.2 Å². The predicted octanol–water partition coefficient (Wildman–Crippen LogP) is 4.83. The number of amides is 1. The Kier molecular flexibility index (Phi) is 7.86. The summed E-state index contributed by atoms with van der Waals surface area (Å²) >= 11 is 0. The molecule has 0 bridgehead atoms. The summed E-state index contributed by atoms with van der Waals surface area (Å²) in [6.07, 6.45) is 3.23. The van der Waals surface area contributed by atoms with Crippen LogP contribution in [0.5, 0.6) is 5.75 Å². The van der Waals surface area contributed by atoms with Gasteiger partial charge >= 0.3 is 0 Å². The lowest BCUT2D eigenvalue weighted by molar-refractivity contribution is -0.118. The van der Waals surface area contributed by atoms with Gasteiger partial charge in [-0.1, -0.05) is 30.3 Å². The van der Waals surface area contributed by atoms with Crippen molar-refractivity contribution in [1.82, 2.24) is 25.6 Å². The molecule has 9 nitrogen and oxygen atoms in total. The van der Waals surface area contributed by atoms with Gasteiger partial charge in [0.05, 0.1) is 18.3 Å². The van der Waals surface area contributed by atoms with Crippen molar-refractivity contribution in [3.63, 3.8) is 0 Å². The van der Waals surface area contributed by atoms with Crippen LogP contribution in [0, 0.1) is 0 Å². The summed E-state index contributed by atoms with van der Waals surface area (Å²) in [5.41, 5.74) is 3.40. The first-order valence-corrected chi connectivity index (χ1v) is 12.3. The SMILES string of the molecule is CC(=O)NCCNCc1ccc(-c2cc3c(Nc4ccc(OCc5ccccc5)cc4)ncnc3cn2)o1. The van der Waals surface area contributed by atoms with E-state index in [1.54, 1.807) is 6.20 Å². The fourth-order valence-corrected chi connectivity index (χ4v) is 3.85. The topological polar surface area (TPSA) is 114 Å². The van der Waals surface area contributed by atoms with Gasteiger partial charge in [-0.2, -0.15) is 0 Å². The van der Waals surface area contributed by atoms with Crippen LogP contribution in [0.4, 0.5) is 11.5 Å². The number of carbonyl (C=O) groups excluding carboxylic acids is 1. The minimum absolute atomic E-state index is 0.0443. The molecule has 5 aromatic rings. The Morgan fingerprint density at radius 2 is 1.79 bits per heavy atom. The first-order valence-electron chi connectivity index (χ1n) is 12.3. The molecule has 3 N–H and O–H groups in total. The maximum atomic E-state index is 11.0. The number of hydrogen-bond donors (Lipinski definition) is 3. The van der Waals surface area contributed by atoms with Crippen LogP contribution in [-0.2, 0) is 17.9 Å². The summed E-state index contributed by atoms with van der Waals surface area (Å²) < 4.78 is 11.9. The molecule has 3 aromatic heterocycles. The second-order valence-corrected chi connectivity index (χ2v) is 8.66. The van der Waals surface area contributed by atoms with Crippen LogP contribution in [0.2, 0.25) is 0 Å². The van der Waals surface area contributed by atoms with Gasteiger partial charge in [0.2, 0.25) is 5.91 Å². The van der Waals surface area contributed by atoms with Crippen LogP contribution in [0.25, 0.3) is 22.4 Å². The summed E-state index contributed by atoms with van der Waals surface area (Å²) in [4.78, 5) is 24.3. The lowest BCUT2D eigenvalue weighted by Gasteiger charge is -2.10. The Morgan fingerprint density at radius 3 is 2.61 bits per heavy atom. The number of furan rings is 1. The van der Waals surface area contributed by atoms with Crippen molar-refractivity contribution >= 4 is 28.3 Å². The molecule has 0 saturated heterocycles. The average Bonchev–Trinajstić information content (AvgIpc) is 3.42. The first-order chi connectivity index (χ1) is 18.6. The Bertz CT molecular complexity index is 1500. The quantitative estimate of drug-likeness (QED) is 0.217. The smallest absolute Gasteiger partial charge is 0.216 e. The van der Waals surface area contributed by atoms with Crippen LogP contribution in [0.15, 0.2) is 89.7 Å². The highest BCUT2D eigenvalue weighted by atomic mass is 16.5. The predicted molar refractivity (Wildman–Crippen MR) is 146 cm³/mol. The summed E-state index contributed by atoms with van der Waals surface area (Å²) in [5.74, 6) is 2.85. The average molecular weight is 509 g/mol. The minimum Gasteiger partial charge on any atom is -0.489 e. The van der Waals surface area contributed by atoms with Crippen LogP contribution in [-0.4, -0.2) is 33.9 Å². The van der Waals surface area contributed by atoms with E-state index in [0.29, 0.717) is 43.5 Å². The standard InChI is InChI=1S/C29H28N6O3/c1-20(36)31-14-13-30-16-24-11-12-28(38-24)26-15-25-27(17-32-26)33-19-34-29(25)35-22-7-9-23(10-8-22)37-18-21-5-3-2-4-6-21/h2-12,15,17,19,30H,13-14,16,18H2,1H3,(H,31,36)(H,33,34,35). The molecule has 3 heterocycles. The molecule has 5 rings (SSSR count). The van der Waals surface area contributed by atoms with E-state index in [9.17, 15) is 4.79 Å². The number of benzene rings is 2. The number of rotatable bonds is 11. The second kappa shape index (κ2) is 12.0. The van der Waals surface area contributed by atoms with Gasteiger partial charge in [-0.05, 0) is 48.0 Å². The highest BCUT2D eigenvalue weighted by molar-refractivity contribution is 5.92. The van der Waals surface area contributed by atoms with Gasteiger partial charge in [0.15, 0.2) is 5.76 Å². The molecule has 0 radical (unpaired) electrons. The Morgan fingerprint density at radius 1 is 0.947 bits per heavy atom. The summed E-state index contributed by atoms with van der Waals surface area (Å²) in [6.45, 7) is 3.78. The molecule has 0 atom stereocenters. The van der Waals surface area contributed by atoms with Crippen molar-refractivity contribution < 1.29 is 13.9 Å². The number of aromatic nitrogens is 3. The minimum atomic E-state index is -0.0443. The Labute approximate surface area is 220 Å². The molecular formula is C29H28N6O3. The van der Waals surface area contributed by atoms with E-state index < -0.39 is 0 Å². The largest absolute Gasteiger partial charge is 0.489 e. The van der Waals surface area contributed by atoms with Gasteiger partial charge < -0.3 is 25.1 Å². The molecule has 9 heteroatoms. The van der Waals surface area contributed by atoms with E-state index >= 15 is 0 Å². The Balaban J connectivity index is 1.25. The van der Waals surface area contributed by atoms with Crippen molar-refractivity contribution in [2.24, 2.45) is 0 Å². The third-order valence-corrected chi connectivity index (χ3v) is 5.78. The zero-order valence-corrected chi connectivity index (χ0v) is 21.0. The third kappa shape index (κ3) is 6.51. The summed E-state index contributed by atoms with van der Waals surface area (Å²) in [6, 6.07) is 23.5. The zero-order chi connectivity index (χ0) is 26.2. The Hall–Kier alpha value is -4.76. The maximum Gasteiger partial charge on any atom is 0.216 e. The molecule has 0 aliphatic heterocycles. The van der Waals surface area contributed by atoms with Crippen molar-refractivity contribution in [2.45, 2.75) is 20.1 Å². The number of fused-ring (bicyclic) bond motifs is 1. The highest BCUT2D eigenvalue weighted by Crippen LogP contribution is 2.28. The highest BCUT2D eigenvalue weighted by Gasteiger charge is 2.11. The van der Waals surface area contributed by atoms with Gasteiger partial charge in [0.1, 0.15) is 36.0 Å². The van der Waals surface area contributed by atoms with Crippen LogP contribution in [0.3, 0.4) is 0 Å². The van der Waals surface area contributed by atoms with E-state index in [0.717, 1.165) is 33.7 Å². The molecule has 0 fully saturated rings. The molecule has 2 aromatic carbocycles. The van der Waals surface area contributed by atoms with Gasteiger partial charge in [-0.15, -0.1) is 0 Å². The van der Waals surface area contributed by atoms with Gasteiger partial charge in [-0.25, -0.2) is 9.97 Å². The number of hydrogen-bond acceptors (Lipinski definition) is 8. The molecule has 1 amide bonds. The van der Waals surface area contributed by atoms with E-state index in [-0.39, 0.29) is 5.91 Å². The number of anilines is 2. The molecule has 0 unspecified atom stereocenters.